The van der Waals surface area contributed by atoms with Crippen molar-refractivity contribution >= 4 is 28.1 Å². The first kappa shape index (κ1) is 17.3. The molecule has 0 saturated carbocycles. The number of carbonyl (C=O) groups excluding carboxylic acids is 1. The molecule has 1 amide bonds. The van der Waals surface area contributed by atoms with Crippen molar-refractivity contribution in [3.63, 3.8) is 0 Å². The maximum absolute atomic E-state index is 13.0. The summed E-state index contributed by atoms with van der Waals surface area (Å²) in [5.74, 6) is -0.643. The molecule has 1 aromatic carbocycles. The van der Waals surface area contributed by atoms with E-state index in [-0.39, 0.29) is 11.7 Å². The summed E-state index contributed by atoms with van der Waals surface area (Å²) in [6.45, 7) is 1.91. The van der Waals surface area contributed by atoms with Crippen LogP contribution < -0.4 is 5.32 Å². The van der Waals surface area contributed by atoms with E-state index >= 15 is 0 Å². The number of hydrogen-bond donors (Lipinski definition) is 1. The summed E-state index contributed by atoms with van der Waals surface area (Å²) in [6.07, 6.45) is 1.47. The van der Waals surface area contributed by atoms with Gasteiger partial charge in [0.25, 0.3) is 5.91 Å². The second-order valence-electron chi connectivity index (χ2n) is 6.17. The van der Waals surface area contributed by atoms with Crippen molar-refractivity contribution in [2.45, 2.75) is 19.4 Å². The van der Waals surface area contributed by atoms with Crippen LogP contribution in [0.1, 0.15) is 17.7 Å². The molecule has 138 valence electrons. The van der Waals surface area contributed by atoms with Crippen molar-refractivity contribution in [3.8, 4) is 11.3 Å². The van der Waals surface area contributed by atoms with Gasteiger partial charge in [-0.05, 0) is 24.6 Å². The van der Waals surface area contributed by atoms with Crippen LogP contribution in [0.4, 0.5) is 9.52 Å². The fraction of sp³-hybridized carbons (Fsp3) is 0.222. The summed E-state index contributed by atoms with van der Waals surface area (Å²) in [6, 6.07) is 5.92. The molecule has 1 aliphatic rings. The molecule has 1 atom stereocenters. The molecule has 3 aromatic rings. The van der Waals surface area contributed by atoms with Gasteiger partial charge in [0.15, 0.2) is 5.13 Å². The number of nitrogens with one attached hydrogen (secondary N) is 1. The van der Waals surface area contributed by atoms with E-state index in [2.05, 4.69) is 20.6 Å². The molecule has 0 aliphatic carbocycles. The Kier molecular flexibility index (Phi) is 4.44. The van der Waals surface area contributed by atoms with E-state index in [9.17, 15) is 9.18 Å². The second-order valence-corrected chi connectivity index (χ2v) is 7.03. The Balaban J connectivity index is 1.40. The third-order valence-corrected chi connectivity index (χ3v) is 4.92. The zero-order chi connectivity index (χ0) is 19.0. The zero-order valence-electron chi connectivity index (χ0n) is 14.6. The zero-order valence-corrected chi connectivity index (χ0v) is 15.5. The lowest BCUT2D eigenvalue weighted by Gasteiger charge is -2.07. The molecule has 2 aromatic heterocycles. The van der Waals surface area contributed by atoms with Crippen LogP contribution in [0.15, 0.2) is 41.0 Å². The Hall–Kier alpha value is -3.07. The van der Waals surface area contributed by atoms with E-state index in [1.807, 2.05) is 25.5 Å². The van der Waals surface area contributed by atoms with Gasteiger partial charge >= 0.3 is 0 Å². The maximum atomic E-state index is 13.0. The molecular formula is C18H16FN5O2S. The maximum Gasteiger partial charge on any atom is 0.270 e. The fourth-order valence-corrected chi connectivity index (χ4v) is 3.54. The number of halogens is 1. The van der Waals surface area contributed by atoms with E-state index in [4.69, 9.17) is 4.84 Å². The van der Waals surface area contributed by atoms with Crippen LogP contribution in [-0.2, 0) is 16.7 Å². The quantitative estimate of drug-likeness (QED) is 0.748. The molecule has 3 heterocycles. The average Bonchev–Trinajstić information content (AvgIpc) is 3.35. The van der Waals surface area contributed by atoms with Gasteiger partial charge in [-0.3, -0.25) is 14.8 Å². The van der Waals surface area contributed by atoms with Crippen LogP contribution >= 0.6 is 11.3 Å². The lowest BCUT2D eigenvalue weighted by molar-refractivity contribution is -0.125. The van der Waals surface area contributed by atoms with E-state index in [0.29, 0.717) is 17.3 Å². The van der Waals surface area contributed by atoms with Gasteiger partial charge in [0.2, 0.25) is 6.10 Å². The Labute approximate surface area is 158 Å². The minimum Gasteiger partial charge on any atom is -0.382 e. The van der Waals surface area contributed by atoms with Crippen LogP contribution in [0.25, 0.3) is 11.3 Å². The first-order valence-corrected chi connectivity index (χ1v) is 9.13. The number of nitrogens with zero attached hydrogens (tertiary/aromatic N) is 4. The molecule has 0 spiro atoms. The van der Waals surface area contributed by atoms with Crippen LogP contribution in [0.2, 0.25) is 0 Å². The molecule has 27 heavy (non-hydrogen) atoms. The lowest BCUT2D eigenvalue weighted by Crippen LogP contribution is -2.28. The highest BCUT2D eigenvalue weighted by Gasteiger charge is 2.29. The lowest BCUT2D eigenvalue weighted by atomic mass is 10.0. The van der Waals surface area contributed by atoms with Crippen molar-refractivity contribution < 1.29 is 14.0 Å². The normalized spacial score (nSPS) is 16.1. The van der Waals surface area contributed by atoms with Crippen LogP contribution in [0.3, 0.4) is 0 Å². The van der Waals surface area contributed by atoms with Gasteiger partial charge < -0.3 is 4.84 Å². The Morgan fingerprint density at radius 3 is 2.85 bits per heavy atom. The van der Waals surface area contributed by atoms with Crippen molar-refractivity contribution in [3.05, 3.63) is 52.9 Å². The monoisotopic (exact) mass is 385 g/mol. The van der Waals surface area contributed by atoms with Gasteiger partial charge in [0, 0.05) is 30.6 Å². The van der Waals surface area contributed by atoms with Crippen LogP contribution in [-0.4, -0.2) is 32.5 Å². The average molecular weight is 385 g/mol. The first-order valence-electron chi connectivity index (χ1n) is 8.25. The van der Waals surface area contributed by atoms with Gasteiger partial charge in [-0.1, -0.05) is 17.3 Å². The van der Waals surface area contributed by atoms with Gasteiger partial charge in [0.05, 0.1) is 17.1 Å². The summed E-state index contributed by atoms with van der Waals surface area (Å²) in [5, 5.41) is 13.4. The number of oxime groups is 1. The summed E-state index contributed by atoms with van der Waals surface area (Å²) in [7, 11) is 1.85. The topological polar surface area (TPSA) is 81.4 Å². The third-order valence-electron chi connectivity index (χ3n) is 4.16. The van der Waals surface area contributed by atoms with Gasteiger partial charge in [-0.25, -0.2) is 9.37 Å². The molecule has 1 aliphatic heterocycles. The highest BCUT2D eigenvalue weighted by Crippen LogP contribution is 2.27. The predicted octanol–water partition coefficient (Wildman–Crippen LogP) is 3.12. The largest absolute Gasteiger partial charge is 0.382 e. The second kappa shape index (κ2) is 6.92. The highest BCUT2D eigenvalue weighted by molar-refractivity contribution is 7.14. The Morgan fingerprint density at radius 2 is 2.15 bits per heavy atom. The number of aryl methyl sites for hydroxylation is 2. The summed E-state index contributed by atoms with van der Waals surface area (Å²) in [4.78, 5) is 22.1. The fourth-order valence-electron chi connectivity index (χ4n) is 2.82. The predicted molar refractivity (Wildman–Crippen MR) is 100 cm³/mol. The molecule has 1 unspecified atom stereocenters. The van der Waals surface area contributed by atoms with Gasteiger partial charge in [-0.15, -0.1) is 11.3 Å². The Morgan fingerprint density at radius 1 is 1.37 bits per heavy atom. The third kappa shape index (κ3) is 3.59. The number of rotatable bonds is 4. The van der Waals surface area contributed by atoms with Crippen molar-refractivity contribution in [1.82, 2.24) is 14.8 Å². The SMILES string of the molecule is Cc1nn(C)cc1-c1csc(NC(=O)C2CC(c3ccc(F)cc3)=NO2)n1. The first-order chi connectivity index (χ1) is 13.0. The number of aromatic nitrogens is 3. The van der Waals surface area contributed by atoms with E-state index < -0.39 is 6.10 Å². The number of thiazole rings is 1. The highest BCUT2D eigenvalue weighted by atomic mass is 32.1. The molecule has 0 bridgehead atoms. The molecule has 9 heteroatoms. The number of carbonyl (C=O) groups is 1. The van der Waals surface area contributed by atoms with Crippen molar-refractivity contribution in [2.75, 3.05) is 5.32 Å². The number of anilines is 1. The molecule has 0 fully saturated rings. The number of hydrogen-bond acceptors (Lipinski definition) is 6. The minimum atomic E-state index is -0.738. The number of benzene rings is 1. The van der Waals surface area contributed by atoms with Gasteiger partial charge in [0.1, 0.15) is 5.82 Å². The summed E-state index contributed by atoms with van der Waals surface area (Å²) < 4.78 is 14.8. The van der Waals surface area contributed by atoms with E-state index in [1.54, 1.807) is 16.8 Å². The molecule has 0 radical (unpaired) electrons. The molecule has 1 N–H and O–H groups in total. The molecular weight excluding hydrogens is 369 g/mol. The van der Waals surface area contributed by atoms with E-state index in [1.165, 1.54) is 23.5 Å². The standard InChI is InChI=1S/C18H16FN5O2S/c1-10-13(8-24(2)22-10)15-9-27-18(20-15)21-17(25)16-7-14(23-26-16)11-3-5-12(19)6-4-11/h3-6,8-9,16H,7H2,1-2H3,(H,20,21,25). The van der Waals surface area contributed by atoms with Crippen LogP contribution in [0, 0.1) is 12.7 Å². The summed E-state index contributed by atoms with van der Waals surface area (Å²) in [5.41, 5.74) is 3.90. The van der Waals surface area contributed by atoms with Gasteiger partial charge in [-0.2, -0.15) is 5.10 Å². The van der Waals surface area contributed by atoms with Crippen molar-refractivity contribution in [2.24, 2.45) is 12.2 Å². The minimum absolute atomic E-state index is 0.317. The van der Waals surface area contributed by atoms with Crippen molar-refractivity contribution in [1.29, 1.82) is 0 Å². The smallest absolute Gasteiger partial charge is 0.270 e. The Bertz CT molecular complexity index is 1020. The molecule has 4 rings (SSSR count). The molecule has 7 nitrogen and oxygen atoms in total. The molecule has 0 saturated heterocycles. The van der Waals surface area contributed by atoms with Crippen LogP contribution in [0.5, 0.6) is 0 Å². The number of amides is 1. The van der Waals surface area contributed by atoms with E-state index in [0.717, 1.165) is 22.5 Å². The summed E-state index contributed by atoms with van der Waals surface area (Å²) >= 11 is 1.33.